The first-order valence-electron chi connectivity index (χ1n) is 4.49. The minimum absolute atomic E-state index is 0.265. The number of nitrogens with zero attached hydrogens (tertiary/aromatic N) is 1. The third-order valence-electron chi connectivity index (χ3n) is 1.84. The molecule has 0 saturated carbocycles. The molecule has 0 aliphatic rings. The number of aromatic nitrogens is 1. The van der Waals surface area contributed by atoms with Gasteiger partial charge in [-0.05, 0) is 13.3 Å². The first-order chi connectivity index (χ1) is 7.09. The monoisotopic (exact) mass is 228 g/mol. The molecule has 1 amide bonds. The summed E-state index contributed by atoms with van der Waals surface area (Å²) in [5.74, 6) is -1.30. The summed E-state index contributed by atoms with van der Waals surface area (Å²) in [7, 11) is 0. The molecule has 5 nitrogen and oxygen atoms in total. The second-order valence-electron chi connectivity index (χ2n) is 3.11. The zero-order chi connectivity index (χ0) is 11.3. The predicted octanol–water partition coefficient (Wildman–Crippen LogP) is 0.665. The van der Waals surface area contributed by atoms with Gasteiger partial charge in [-0.1, -0.05) is 0 Å². The van der Waals surface area contributed by atoms with Crippen molar-refractivity contribution in [2.24, 2.45) is 0 Å². The van der Waals surface area contributed by atoms with E-state index in [0.717, 1.165) is 5.69 Å². The van der Waals surface area contributed by atoms with Gasteiger partial charge in [-0.2, -0.15) is 0 Å². The van der Waals surface area contributed by atoms with Crippen LogP contribution in [0.15, 0.2) is 10.9 Å². The lowest BCUT2D eigenvalue weighted by molar-refractivity contribution is -0.141. The Bertz CT molecular complexity index is 337. The Morgan fingerprint density at radius 3 is 2.93 bits per heavy atom. The van der Waals surface area contributed by atoms with Gasteiger partial charge < -0.3 is 10.4 Å². The molecule has 1 rings (SSSR count). The third kappa shape index (κ3) is 4.07. The molecule has 1 atom stereocenters. The van der Waals surface area contributed by atoms with E-state index in [1.807, 2.05) is 5.38 Å². The average molecular weight is 228 g/mol. The summed E-state index contributed by atoms with van der Waals surface area (Å²) in [6.45, 7) is 1.43. The molecule has 0 radical (unpaired) electrons. The first kappa shape index (κ1) is 11.6. The number of carbonyl (C=O) groups excluding carboxylic acids is 1. The third-order valence-corrected chi connectivity index (χ3v) is 2.47. The van der Waals surface area contributed by atoms with Gasteiger partial charge in [0.2, 0.25) is 5.91 Å². The summed E-state index contributed by atoms with van der Waals surface area (Å²) >= 11 is 1.47. The maximum Gasteiger partial charge on any atom is 0.325 e. The molecule has 0 unspecified atom stereocenters. The number of carboxylic acid groups (broad SMARTS) is 1. The maximum absolute atomic E-state index is 11.3. The first-order valence-corrected chi connectivity index (χ1v) is 5.43. The molecule has 0 bridgehead atoms. The summed E-state index contributed by atoms with van der Waals surface area (Å²) in [6.07, 6.45) is 0.809. The van der Waals surface area contributed by atoms with Crippen LogP contribution in [0.5, 0.6) is 0 Å². The number of carbonyl (C=O) groups is 2. The summed E-state index contributed by atoms with van der Waals surface area (Å²) in [5, 5.41) is 12.8. The number of aliphatic carboxylic acids is 1. The van der Waals surface area contributed by atoms with Crippen LogP contribution in [0.1, 0.15) is 19.0 Å². The van der Waals surface area contributed by atoms with E-state index in [4.69, 9.17) is 5.11 Å². The van der Waals surface area contributed by atoms with Crippen molar-refractivity contribution in [3.8, 4) is 0 Å². The van der Waals surface area contributed by atoms with Crippen molar-refractivity contribution in [1.29, 1.82) is 0 Å². The predicted molar refractivity (Wildman–Crippen MR) is 55.7 cm³/mol. The van der Waals surface area contributed by atoms with E-state index in [2.05, 4.69) is 10.3 Å². The van der Waals surface area contributed by atoms with Crippen molar-refractivity contribution in [1.82, 2.24) is 10.3 Å². The molecular weight excluding hydrogens is 216 g/mol. The number of carboxylic acids is 1. The van der Waals surface area contributed by atoms with Crippen molar-refractivity contribution < 1.29 is 14.7 Å². The zero-order valence-corrected chi connectivity index (χ0v) is 9.08. The van der Waals surface area contributed by atoms with Crippen LogP contribution in [0.2, 0.25) is 0 Å². The molecule has 6 heteroatoms. The van der Waals surface area contributed by atoms with E-state index in [0.29, 0.717) is 6.42 Å². The van der Waals surface area contributed by atoms with Gasteiger partial charge in [-0.25, -0.2) is 4.98 Å². The number of aryl methyl sites for hydroxylation is 1. The number of hydrogen-bond donors (Lipinski definition) is 2. The summed E-state index contributed by atoms with van der Waals surface area (Å²) < 4.78 is 0. The fourth-order valence-corrected chi connectivity index (χ4v) is 1.57. The molecule has 0 saturated heterocycles. The lowest BCUT2D eigenvalue weighted by Gasteiger charge is -2.08. The van der Waals surface area contributed by atoms with E-state index in [-0.39, 0.29) is 12.3 Å². The molecule has 0 aliphatic carbocycles. The molecule has 82 valence electrons. The highest BCUT2D eigenvalue weighted by atomic mass is 32.1. The number of thiazole rings is 1. The van der Waals surface area contributed by atoms with Crippen LogP contribution in [0.4, 0.5) is 0 Å². The summed E-state index contributed by atoms with van der Waals surface area (Å²) in [5.41, 5.74) is 2.56. The Labute approximate surface area is 91.1 Å². The van der Waals surface area contributed by atoms with Crippen molar-refractivity contribution in [3.63, 3.8) is 0 Å². The number of rotatable bonds is 5. The van der Waals surface area contributed by atoms with Crippen molar-refractivity contribution in [3.05, 3.63) is 16.6 Å². The van der Waals surface area contributed by atoms with Crippen LogP contribution < -0.4 is 5.32 Å². The fraction of sp³-hybridized carbons (Fsp3) is 0.444. The van der Waals surface area contributed by atoms with Crippen LogP contribution in [-0.4, -0.2) is 28.0 Å². The van der Waals surface area contributed by atoms with Crippen LogP contribution in [-0.2, 0) is 16.0 Å². The second-order valence-corrected chi connectivity index (χ2v) is 3.83. The van der Waals surface area contributed by atoms with Gasteiger partial charge in [0.25, 0.3) is 0 Å². The van der Waals surface area contributed by atoms with E-state index >= 15 is 0 Å². The largest absolute Gasteiger partial charge is 0.480 e. The van der Waals surface area contributed by atoms with Crippen LogP contribution >= 0.6 is 11.3 Å². The van der Waals surface area contributed by atoms with E-state index in [9.17, 15) is 9.59 Å². The minimum atomic E-state index is -1.03. The molecule has 0 fully saturated rings. The summed E-state index contributed by atoms with van der Waals surface area (Å²) in [4.78, 5) is 25.7. The van der Waals surface area contributed by atoms with Crippen molar-refractivity contribution in [2.75, 3.05) is 0 Å². The SMILES string of the molecule is C[C@@H](NC(=O)CCc1cscn1)C(=O)O. The molecular formula is C9H12N2O3S. The molecule has 1 aromatic rings. The van der Waals surface area contributed by atoms with Crippen molar-refractivity contribution >= 4 is 23.2 Å². The van der Waals surface area contributed by atoms with Gasteiger partial charge in [0.15, 0.2) is 0 Å². The highest BCUT2D eigenvalue weighted by Gasteiger charge is 2.13. The number of amides is 1. The molecule has 0 aromatic carbocycles. The van der Waals surface area contributed by atoms with Gasteiger partial charge in [0.05, 0.1) is 11.2 Å². The van der Waals surface area contributed by atoms with Crippen LogP contribution in [0.25, 0.3) is 0 Å². The minimum Gasteiger partial charge on any atom is -0.480 e. The van der Waals surface area contributed by atoms with E-state index in [1.165, 1.54) is 18.3 Å². The standard InChI is InChI=1S/C9H12N2O3S/c1-6(9(13)14)11-8(12)3-2-7-4-15-5-10-7/h4-6H,2-3H2,1H3,(H,11,12)(H,13,14)/t6-/m1/s1. The Balaban J connectivity index is 2.28. The Morgan fingerprint density at radius 2 is 2.40 bits per heavy atom. The molecule has 15 heavy (non-hydrogen) atoms. The lowest BCUT2D eigenvalue weighted by atomic mass is 10.2. The zero-order valence-electron chi connectivity index (χ0n) is 8.27. The van der Waals surface area contributed by atoms with Gasteiger partial charge in [0, 0.05) is 11.8 Å². The van der Waals surface area contributed by atoms with E-state index < -0.39 is 12.0 Å². The lowest BCUT2D eigenvalue weighted by Crippen LogP contribution is -2.38. The molecule has 1 aromatic heterocycles. The van der Waals surface area contributed by atoms with Crippen LogP contribution in [0, 0.1) is 0 Å². The summed E-state index contributed by atoms with van der Waals surface area (Å²) in [6, 6.07) is -0.840. The average Bonchev–Trinajstić information content (AvgIpc) is 2.66. The smallest absolute Gasteiger partial charge is 0.325 e. The number of hydrogen-bond acceptors (Lipinski definition) is 4. The Kier molecular flexibility index (Phi) is 4.23. The van der Waals surface area contributed by atoms with Crippen LogP contribution in [0.3, 0.4) is 0 Å². The van der Waals surface area contributed by atoms with Gasteiger partial charge in [-0.3, -0.25) is 9.59 Å². The van der Waals surface area contributed by atoms with E-state index in [1.54, 1.807) is 5.51 Å². The Hall–Kier alpha value is -1.43. The normalized spacial score (nSPS) is 12.1. The maximum atomic E-state index is 11.3. The number of nitrogens with one attached hydrogen (secondary N) is 1. The second kappa shape index (κ2) is 5.45. The fourth-order valence-electron chi connectivity index (χ4n) is 0.978. The van der Waals surface area contributed by atoms with Gasteiger partial charge in [-0.15, -0.1) is 11.3 Å². The van der Waals surface area contributed by atoms with Gasteiger partial charge >= 0.3 is 5.97 Å². The highest BCUT2D eigenvalue weighted by Crippen LogP contribution is 2.03. The molecule has 0 aliphatic heterocycles. The quantitative estimate of drug-likeness (QED) is 0.776. The Morgan fingerprint density at radius 1 is 1.67 bits per heavy atom. The highest BCUT2D eigenvalue weighted by molar-refractivity contribution is 7.07. The van der Waals surface area contributed by atoms with Crippen molar-refractivity contribution in [2.45, 2.75) is 25.8 Å². The molecule has 0 spiro atoms. The van der Waals surface area contributed by atoms with Gasteiger partial charge in [0.1, 0.15) is 6.04 Å². The topological polar surface area (TPSA) is 79.3 Å². The molecule has 1 heterocycles. The molecule has 2 N–H and O–H groups in total.